The number of nitrogens with zero attached hydrogens (tertiary/aromatic N) is 2. The monoisotopic (exact) mass is 468 g/mol. The maximum atomic E-state index is 12.6. The Labute approximate surface area is 199 Å². The topological polar surface area (TPSA) is 81.8 Å². The van der Waals surface area contributed by atoms with Crippen molar-refractivity contribution in [3.63, 3.8) is 0 Å². The number of likely N-dealkylation sites (tertiary alicyclic amines) is 1. The number of benzene rings is 2. The fraction of sp³-hybridized carbons (Fsp3) is 0.400. The number of nitrogens with one attached hydrogen (secondary N) is 2. The molecule has 2 aliphatic rings. The first-order chi connectivity index (χ1) is 15.9. The van der Waals surface area contributed by atoms with Gasteiger partial charge in [0.2, 0.25) is 11.8 Å². The standard InChI is InChI=1S/C25H29ClN4O3/c1-17(29-12-2-3-13-29)24(32)28-21-8-10-22(11-9-21)30-16-18(14-23(30)31)15-27-25(33)19-4-6-20(26)7-5-19/h4-11,17-18H,2-3,12-16H2,1H3,(H,27,33)(H,28,32). The van der Waals surface area contributed by atoms with E-state index < -0.39 is 0 Å². The quantitative estimate of drug-likeness (QED) is 0.651. The molecular formula is C25H29ClN4O3. The van der Waals surface area contributed by atoms with Crippen molar-refractivity contribution >= 4 is 40.7 Å². The summed E-state index contributed by atoms with van der Waals surface area (Å²) >= 11 is 5.87. The van der Waals surface area contributed by atoms with E-state index in [1.807, 2.05) is 31.2 Å². The van der Waals surface area contributed by atoms with Crippen LogP contribution in [-0.4, -0.2) is 54.8 Å². The van der Waals surface area contributed by atoms with Gasteiger partial charge in [0.05, 0.1) is 6.04 Å². The summed E-state index contributed by atoms with van der Waals surface area (Å²) in [5, 5.41) is 6.45. The summed E-state index contributed by atoms with van der Waals surface area (Å²) in [6.07, 6.45) is 2.66. The van der Waals surface area contributed by atoms with Crippen LogP contribution in [0.25, 0.3) is 0 Å². The van der Waals surface area contributed by atoms with Crippen molar-refractivity contribution in [3.8, 4) is 0 Å². The van der Waals surface area contributed by atoms with Crippen molar-refractivity contribution in [2.45, 2.75) is 32.2 Å². The smallest absolute Gasteiger partial charge is 0.251 e. The van der Waals surface area contributed by atoms with Gasteiger partial charge in [-0.1, -0.05) is 11.6 Å². The van der Waals surface area contributed by atoms with Gasteiger partial charge in [0, 0.05) is 47.4 Å². The van der Waals surface area contributed by atoms with Gasteiger partial charge in [-0.25, -0.2) is 0 Å². The molecule has 4 rings (SSSR count). The van der Waals surface area contributed by atoms with Gasteiger partial charge in [-0.05, 0) is 81.4 Å². The lowest BCUT2D eigenvalue weighted by atomic mass is 10.1. The Morgan fingerprint density at radius 1 is 1.06 bits per heavy atom. The minimum atomic E-state index is -0.180. The number of carbonyl (C=O) groups excluding carboxylic acids is 3. The van der Waals surface area contributed by atoms with Crippen LogP contribution in [0.1, 0.15) is 36.5 Å². The van der Waals surface area contributed by atoms with Crippen LogP contribution in [-0.2, 0) is 9.59 Å². The van der Waals surface area contributed by atoms with E-state index in [-0.39, 0.29) is 29.7 Å². The fourth-order valence-electron chi connectivity index (χ4n) is 4.37. The zero-order valence-electron chi connectivity index (χ0n) is 18.7. The van der Waals surface area contributed by atoms with Gasteiger partial charge in [-0.15, -0.1) is 0 Å². The van der Waals surface area contributed by atoms with Crippen LogP contribution in [0.2, 0.25) is 5.02 Å². The van der Waals surface area contributed by atoms with E-state index in [0.29, 0.717) is 35.8 Å². The summed E-state index contributed by atoms with van der Waals surface area (Å²) in [7, 11) is 0. The molecule has 0 radical (unpaired) electrons. The largest absolute Gasteiger partial charge is 0.352 e. The van der Waals surface area contributed by atoms with Gasteiger partial charge in [0.15, 0.2) is 0 Å². The van der Waals surface area contributed by atoms with Crippen LogP contribution < -0.4 is 15.5 Å². The van der Waals surface area contributed by atoms with Crippen molar-refractivity contribution in [1.29, 1.82) is 0 Å². The first-order valence-electron chi connectivity index (χ1n) is 11.4. The second-order valence-electron chi connectivity index (χ2n) is 8.75. The predicted octanol–water partition coefficient (Wildman–Crippen LogP) is 3.55. The third-order valence-electron chi connectivity index (χ3n) is 6.38. The van der Waals surface area contributed by atoms with Crippen LogP contribution in [0.4, 0.5) is 11.4 Å². The maximum absolute atomic E-state index is 12.6. The van der Waals surface area contributed by atoms with Crippen LogP contribution >= 0.6 is 11.6 Å². The van der Waals surface area contributed by atoms with Crippen molar-refractivity contribution in [2.24, 2.45) is 5.92 Å². The zero-order valence-corrected chi connectivity index (χ0v) is 19.5. The molecule has 2 atom stereocenters. The van der Waals surface area contributed by atoms with E-state index in [1.54, 1.807) is 29.2 Å². The molecule has 0 aromatic heterocycles. The van der Waals surface area contributed by atoms with Gasteiger partial charge in [-0.2, -0.15) is 0 Å². The molecule has 7 nitrogen and oxygen atoms in total. The lowest BCUT2D eigenvalue weighted by Crippen LogP contribution is -2.40. The van der Waals surface area contributed by atoms with Crippen molar-refractivity contribution in [2.75, 3.05) is 36.4 Å². The molecule has 0 spiro atoms. The van der Waals surface area contributed by atoms with Crippen molar-refractivity contribution in [3.05, 3.63) is 59.1 Å². The highest BCUT2D eigenvalue weighted by Gasteiger charge is 2.31. The molecule has 2 unspecified atom stereocenters. The summed E-state index contributed by atoms with van der Waals surface area (Å²) in [6, 6.07) is 13.9. The number of anilines is 2. The summed E-state index contributed by atoms with van der Waals surface area (Å²) in [6.45, 7) is 4.82. The number of halogens is 1. The molecule has 2 aromatic rings. The summed E-state index contributed by atoms with van der Waals surface area (Å²) in [5.41, 5.74) is 2.04. The Kier molecular flexibility index (Phi) is 7.30. The van der Waals surface area contributed by atoms with E-state index >= 15 is 0 Å². The second-order valence-corrected chi connectivity index (χ2v) is 9.18. The lowest BCUT2D eigenvalue weighted by molar-refractivity contribution is -0.120. The Bertz CT molecular complexity index is 1000. The molecule has 174 valence electrons. The number of amides is 3. The lowest BCUT2D eigenvalue weighted by Gasteiger charge is -2.23. The van der Waals surface area contributed by atoms with Crippen LogP contribution in [0.5, 0.6) is 0 Å². The number of carbonyl (C=O) groups is 3. The van der Waals surface area contributed by atoms with Crippen molar-refractivity contribution < 1.29 is 14.4 Å². The minimum Gasteiger partial charge on any atom is -0.352 e. The first-order valence-corrected chi connectivity index (χ1v) is 11.8. The highest BCUT2D eigenvalue weighted by Crippen LogP contribution is 2.26. The van der Waals surface area contributed by atoms with Gasteiger partial charge >= 0.3 is 0 Å². The van der Waals surface area contributed by atoms with Gasteiger partial charge in [0.1, 0.15) is 0 Å². The zero-order chi connectivity index (χ0) is 23.4. The molecule has 2 heterocycles. The molecule has 0 aliphatic carbocycles. The second kappa shape index (κ2) is 10.4. The molecule has 2 aliphatic heterocycles. The molecule has 2 aromatic carbocycles. The number of hydrogen-bond donors (Lipinski definition) is 2. The first kappa shape index (κ1) is 23.3. The summed E-state index contributed by atoms with van der Waals surface area (Å²) < 4.78 is 0. The molecule has 33 heavy (non-hydrogen) atoms. The summed E-state index contributed by atoms with van der Waals surface area (Å²) in [5.74, 6) is -0.131. The van der Waals surface area contributed by atoms with Gasteiger partial charge < -0.3 is 15.5 Å². The Morgan fingerprint density at radius 3 is 2.39 bits per heavy atom. The van der Waals surface area contributed by atoms with Crippen LogP contribution in [0.15, 0.2) is 48.5 Å². The molecule has 3 amide bonds. The molecule has 8 heteroatoms. The maximum Gasteiger partial charge on any atom is 0.251 e. The van der Waals surface area contributed by atoms with Gasteiger partial charge in [0.25, 0.3) is 5.91 Å². The third kappa shape index (κ3) is 5.72. The third-order valence-corrected chi connectivity index (χ3v) is 6.63. The van der Waals surface area contributed by atoms with E-state index in [1.165, 1.54) is 0 Å². The average Bonchev–Trinajstić information content (AvgIpc) is 3.48. The number of rotatable bonds is 7. The Morgan fingerprint density at radius 2 is 1.73 bits per heavy atom. The predicted molar refractivity (Wildman–Crippen MR) is 130 cm³/mol. The minimum absolute atomic E-state index is 0.0154. The molecule has 2 saturated heterocycles. The van der Waals surface area contributed by atoms with Crippen molar-refractivity contribution in [1.82, 2.24) is 10.2 Å². The Balaban J connectivity index is 1.29. The fourth-order valence-corrected chi connectivity index (χ4v) is 4.50. The van der Waals surface area contributed by atoms with Gasteiger partial charge in [-0.3, -0.25) is 19.3 Å². The number of hydrogen-bond acceptors (Lipinski definition) is 4. The van der Waals surface area contributed by atoms with Crippen LogP contribution in [0.3, 0.4) is 0 Å². The molecule has 2 fully saturated rings. The molecule has 0 saturated carbocycles. The van der Waals surface area contributed by atoms with E-state index in [4.69, 9.17) is 11.6 Å². The van der Waals surface area contributed by atoms with Crippen LogP contribution in [0, 0.1) is 5.92 Å². The Hall–Kier alpha value is -2.90. The molecule has 2 N–H and O–H groups in total. The van der Waals surface area contributed by atoms with E-state index in [9.17, 15) is 14.4 Å². The van der Waals surface area contributed by atoms with E-state index in [0.717, 1.165) is 31.6 Å². The highest BCUT2D eigenvalue weighted by atomic mass is 35.5. The summed E-state index contributed by atoms with van der Waals surface area (Å²) in [4.78, 5) is 41.3. The normalized spacial score (nSPS) is 19.5. The average molecular weight is 469 g/mol. The molecule has 0 bridgehead atoms. The van der Waals surface area contributed by atoms with E-state index in [2.05, 4.69) is 15.5 Å². The highest BCUT2D eigenvalue weighted by molar-refractivity contribution is 6.30. The SMILES string of the molecule is CC(C(=O)Nc1ccc(N2CC(CNC(=O)c3ccc(Cl)cc3)CC2=O)cc1)N1CCCC1. The molecular weight excluding hydrogens is 440 g/mol.